The number of benzene rings is 1. The van der Waals surface area contributed by atoms with Crippen LogP contribution in [0.1, 0.15) is 23.1 Å². The van der Waals surface area contributed by atoms with Gasteiger partial charge in [-0.1, -0.05) is 17.2 Å². The summed E-state index contributed by atoms with van der Waals surface area (Å²) >= 11 is 1.69. The maximum Gasteiger partial charge on any atom is 0.0947 e. The Labute approximate surface area is 107 Å². The third-order valence-corrected chi connectivity index (χ3v) is 3.44. The maximum atomic E-state index is 5.79. The van der Waals surface area contributed by atoms with Gasteiger partial charge in [0.05, 0.1) is 10.7 Å². The predicted octanol–water partition coefficient (Wildman–Crippen LogP) is 3.32. The molecular weight excluding hydrogens is 228 g/mol. The third-order valence-electron chi connectivity index (χ3n) is 2.57. The molecule has 0 spiro atoms. The fourth-order valence-corrected chi connectivity index (χ4v) is 2.88. The molecule has 0 bridgehead atoms. The van der Waals surface area contributed by atoms with Crippen molar-refractivity contribution in [3.8, 4) is 11.3 Å². The van der Waals surface area contributed by atoms with Gasteiger partial charge in [-0.15, -0.1) is 11.3 Å². The molecule has 2 N–H and O–H groups in total. The Morgan fingerprint density at radius 2 is 1.88 bits per heavy atom. The number of nitrogens with two attached hydrogens (primary N) is 1. The Balaban J connectivity index is 2.30. The van der Waals surface area contributed by atoms with Gasteiger partial charge in [0.15, 0.2) is 0 Å². The van der Waals surface area contributed by atoms with E-state index < -0.39 is 0 Å². The molecule has 90 valence electrons. The smallest absolute Gasteiger partial charge is 0.0947 e. The zero-order chi connectivity index (χ0) is 12.4. The van der Waals surface area contributed by atoms with Gasteiger partial charge in [0.1, 0.15) is 0 Å². The van der Waals surface area contributed by atoms with Crippen LogP contribution in [0.5, 0.6) is 0 Å². The summed E-state index contributed by atoms with van der Waals surface area (Å²) in [7, 11) is 0. The van der Waals surface area contributed by atoms with Gasteiger partial charge in [-0.05, 0) is 32.9 Å². The Bertz CT molecular complexity index is 494. The molecule has 2 rings (SSSR count). The molecule has 1 atom stereocenters. The first kappa shape index (κ1) is 12.3. The molecular formula is C14H18N2S. The van der Waals surface area contributed by atoms with Crippen LogP contribution in [-0.4, -0.2) is 11.0 Å². The average molecular weight is 246 g/mol. The Kier molecular flexibility index (Phi) is 3.60. The monoisotopic (exact) mass is 246 g/mol. The molecule has 2 nitrogen and oxygen atoms in total. The number of hydrogen-bond acceptors (Lipinski definition) is 3. The molecule has 1 heterocycles. The number of rotatable bonds is 3. The van der Waals surface area contributed by atoms with Gasteiger partial charge in [0, 0.05) is 23.4 Å². The van der Waals surface area contributed by atoms with Crippen LogP contribution in [0.25, 0.3) is 11.3 Å². The zero-order valence-corrected chi connectivity index (χ0v) is 11.3. The second kappa shape index (κ2) is 4.98. The van der Waals surface area contributed by atoms with E-state index >= 15 is 0 Å². The minimum absolute atomic E-state index is 0.174. The van der Waals surface area contributed by atoms with E-state index in [2.05, 4.69) is 42.4 Å². The topological polar surface area (TPSA) is 38.9 Å². The second-order valence-electron chi connectivity index (χ2n) is 4.68. The van der Waals surface area contributed by atoms with Crippen molar-refractivity contribution >= 4 is 11.3 Å². The van der Waals surface area contributed by atoms with E-state index in [9.17, 15) is 0 Å². The van der Waals surface area contributed by atoms with Gasteiger partial charge < -0.3 is 5.73 Å². The molecule has 1 unspecified atom stereocenters. The van der Waals surface area contributed by atoms with Crippen LogP contribution in [-0.2, 0) is 6.42 Å². The van der Waals surface area contributed by atoms with Crippen molar-refractivity contribution in [3.05, 3.63) is 39.7 Å². The van der Waals surface area contributed by atoms with Crippen molar-refractivity contribution in [2.45, 2.75) is 33.2 Å². The highest BCUT2D eigenvalue weighted by Crippen LogP contribution is 2.24. The van der Waals surface area contributed by atoms with Crippen molar-refractivity contribution in [3.63, 3.8) is 0 Å². The minimum Gasteiger partial charge on any atom is -0.328 e. The molecule has 3 heteroatoms. The summed E-state index contributed by atoms with van der Waals surface area (Å²) in [6.07, 6.45) is 0.857. The highest BCUT2D eigenvalue weighted by atomic mass is 32.1. The van der Waals surface area contributed by atoms with Crippen LogP contribution in [0.15, 0.2) is 23.6 Å². The first-order valence-electron chi connectivity index (χ1n) is 5.83. The molecule has 2 aromatic rings. The zero-order valence-electron chi connectivity index (χ0n) is 10.5. The highest BCUT2D eigenvalue weighted by molar-refractivity contribution is 7.09. The lowest BCUT2D eigenvalue weighted by atomic mass is 10.1. The van der Waals surface area contributed by atoms with Crippen LogP contribution in [0, 0.1) is 13.8 Å². The second-order valence-corrected chi connectivity index (χ2v) is 5.63. The molecule has 0 saturated carbocycles. The predicted molar refractivity (Wildman–Crippen MR) is 74.4 cm³/mol. The molecule has 0 amide bonds. The van der Waals surface area contributed by atoms with Crippen molar-refractivity contribution in [1.29, 1.82) is 0 Å². The van der Waals surface area contributed by atoms with Gasteiger partial charge in [0.2, 0.25) is 0 Å². The summed E-state index contributed by atoms with van der Waals surface area (Å²) in [5, 5.41) is 3.24. The largest absolute Gasteiger partial charge is 0.328 e. The van der Waals surface area contributed by atoms with Crippen molar-refractivity contribution in [2.24, 2.45) is 5.73 Å². The third kappa shape index (κ3) is 3.14. The first-order valence-corrected chi connectivity index (χ1v) is 6.71. The average Bonchev–Trinajstić information content (AvgIpc) is 2.63. The van der Waals surface area contributed by atoms with Gasteiger partial charge in [-0.3, -0.25) is 0 Å². The number of thiazole rings is 1. The van der Waals surface area contributed by atoms with Crippen LogP contribution < -0.4 is 5.73 Å². The van der Waals surface area contributed by atoms with Crippen molar-refractivity contribution < 1.29 is 0 Å². The summed E-state index contributed by atoms with van der Waals surface area (Å²) < 4.78 is 0. The lowest BCUT2D eigenvalue weighted by Crippen LogP contribution is -2.17. The van der Waals surface area contributed by atoms with Gasteiger partial charge in [0.25, 0.3) is 0 Å². The van der Waals surface area contributed by atoms with E-state index in [-0.39, 0.29) is 6.04 Å². The summed E-state index contributed by atoms with van der Waals surface area (Å²) in [5.41, 5.74) is 10.6. The first-order chi connectivity index (χ1) is 8.04. The molecule has 0 aliphatic rings. The van der Waals surface area contributed by atoms with E-state index in [0.717, 1.165) is 17.1 Å². The lowest BCUT2D eigenvalue weighted by Gasteiger charge is -2.02. The van der Waals surface area contributed by atoms with E-state index in [1.54, 1.807) is 11.3 Å². The van der Waals surface area contributed by atoms with E-state index in [0.29, 0.717) is 0 Å². The molecule has 0 aliphatic heterocycles. The number of hydrogen-bond donors (Lipinski definition) is 1. The Hall–Kier alpha value is -1.19. The molecule has 1 aromatic carbocycles. The Morgan fingerprint density at radius 3 is 2.47 bits per heavy atom. The molecule has 17 heavy (non-hydrogen) atoms. The van der Waals surface area contributed by atoms with E-state index in [1.807, 2.05) is 6.92 Å². The van der Waals surface area contributed by atoms with Gasteiger partial charge in [-0.2, -0.15) is 0 Å². The van der Waals surface area contributed by atoms with Crippen molar-refractivity contribution in [1.82, 2.24) is 4.98 Å². The SMILES string of the molecule is Cc1cc(C)cc(-c2csc(CC(C)N)n2)c1. The molecule has 0 radical (unpaired) electrons. The van der Waals surface area contributed by atoms with Gasteiger partial charge in [-0.25, -0.2) is 4.98 Å². The van der Waals surface area contributed by atoms with Gasteiger partial charge >= 0.3 is 0 Å². The summed E-state index contributed by atoms with van der Waals surface area (Å²) in [5.74, 6) is 0. The molecule has 0 fully saturated rings. The maximum absolute atomic E-state index is 5.79. The Morgan fingerprint density at radius 1 is 1.24 bits per heavy atom. The lowest BCUT2D eigenvalue weighted by molar-refractivity contribution is 0.734. The van der Waals surface area contributed by atoms with Crippen molar-refractivity contribution in [2.75, 3.05) is 0 Å². The molecule has 1 aromatic heterocycles. The van der Waals surface area contributed by atoms with E-state index in [1.165, 1.54) is 16.7 Å². The summed E-state index contributed by atoms with van der Waals surface area (Å²) in [4.78, 5) is 4.64. The number of aryl methyl sites for hydroxylation is 2. The van der Waals surface area contributed by atoms with Crippen LogP contribution in [0.2, 0.25) is 0 Å². The minimum atomic E-state index is 0.174. The normalized spacial score (nSPS) is 12.7. The van der Waals surface area contributed by atoms with E-state index in [4.69, 9.17) is 5.73 Å². The highest BCUT2D eigenvalue weighted by Gasteiger charge is 2.07. The van der Waals surface area contributed by atoms with Crippen LogP contribution in [0.4, 0.5) is 0 Å². The standard InChI is InChI=1S/C14H18N2S/c1-9-4-10(2)6-12(5-9)13-8-17-14(16-13)7-11(3)15/h4-6,8,11H,7,15H2,1-3H3. The van der Waals surface area contributed by atoms with Crippen LogP contribution in [0.3, 0.4) is 0 Å². The fourth-order valence-electron chi connectivity index (χ4n) is 1.94. The number of nitrogens with zero attached hydrogens (tertiary/aromatic N) is 1. The quantitative estimate of drug-likeness (QED) is 0.902. The van der Waals surface area contributed by atoms with Crippen LogP contribution >= 0.6 is 11.3 Å². The molecule has 0 saturated heterocycles. The fraction of sp³-hybridized carbons (Fsp3) is 0.357. The summed E-state index contributed by atoms with van der Waals surface area (Å²) in [6, 6.07) is 6.71. The molecule has 0 aliphatic carbocycles. The number of aromatic nitrogens is 1. The summed E-state index contributed by atoms with van der Waals surface area (Å²) in [6.45, 7) is 6.25.